The zero-order chi connectivity index (χ0) is 9.68. The van der Waals surface area contributed by atoms with Gasteiger partial charge in [-0.3, -0.25) is 0 Å². The van der Waals surface area contributed by atoms with E-state index in [0.717, 1.165) is 12.2 Å². The lowest BCUT2D eigenvalue weighted by Gasteiger charge is -2.12. The van der Waals surface area contributed by atoms with Crippen molar-refractivity contribution < 1.29 is 4.74 Å². The molecular weight excluding hydrogens is 162 g/mol. The van der Waals surface area contributed by atoms with Crippen molar-refractivity contribution in [3.8, 4) is 5.75 Å². The summed E-state index contributed by atoms with van der Waals surface area (Å²) in [6, 6.07) is 8.13. The Kier molecular flexibility index (Phi) is 3.77. The van der Waals surface area contributed by atoms with Crippen molar-refractivity contribution in [2.24, 2.45) is 5.73 Å². The summed E-state index contributed by atoms with van der Waals surface area (Å²) in [6.07, 6.45) is 1.09. The number of benzene rings is 1. The Hall–Kier alpha value is -1.02. The van der Waals surface area contributed by atoms with E-state index in [1.54, 1.807) is 7.11 Å². The van der Waals surface area contributed by atoms with Gasteiger partial charge in [0.15, 0.2) is 0 Å². The SMILES string of the molecule is CCC(CN)c1ccc(OC)cc1. The van der Waals surface area contributed by atoms with E-state index in [2.05, 4.69) is 19.1 Å². The first-order chi connectivity index (χ1) is 6.31. The molecule has 1 rings (SSSR count). The van der Waals surface area contributed by atoms with Crippen molar-refractivity contribution in [3.63, 3.8) is 0 Å². The maximum atomic E-state index is 5.65. The molecule has 2 heteroatoms. The van der Waals surface area contributed by atoms with Gasteiger partial charge in [-0.15, -0.1) is 0 Å². The van der Waals surface area contributed by atoms with E-state index in [-0.39, 0.29) is 0 Å². The quantitative estimate of drug-likeness (QED) is 0.768. The molecule has 2 nitrogen and oxygen atoms in total. The summed E-state index contributed by atoms with van der Waals surface area (Å²) in [7, 11) is 1.68. The molecule has 1 unspecified atom stereocenters. The van der Waals surface area contributed by atoms with Crippen molar-refractivity contribution in [1.82, 2.24) is 0 Å². The topological polar surface area (TPSA) is 35.2 Å². The molecule has 1 atom stereocenters. The van der Waals surface area contributed by atoms with Crippen LogP contribution in [0.2, 0.25) is 0 Å². The standard InChI is InChI=1S/C11H17NO/c1-3-9(8-12)10-4-6-11(13-2)7-5-10/h4-7,9H,3,8,12H2,1-2H3. The van der Waals surface area contributed by atoms with Crippen molar-refractivity contribution in [2.45, 2.75) is 19.3 Å². The van der Waals surface area contributed by atoms with E-state index in [9.17, 15) is 0 Å². The molecule has 0 amide bonds. The van der Waals surface area contributed by atoms with Gasteiger partial charge in [0.25, 0.3) is 0 Å². The molecule has 0 saturated heterocycles. The van der Waals surface area contributed by atoms with Crippen LogP contribution in [0.15, 0.2) is 24.3 Å². The number of hydrogen-bond acceptors (Lipinski definition) is 2. The molecule has 0 aliphatic carbocycles. The van der Waals surface area contributed by atoms with E-state index < -0.39 is 0 Å². The first-order valence-electron chi connectivity index (χ1n) is 4.65. The summed E-state index contributed by atoms with van der Waals surface area (Å²) in [5.41, 5.74) is 6.95. The third-order valence-corrected chi connectivity index (χ3v) is 2.36. The van der Waals surface area contributed by atoms with Crippen molar-refractivity contribution in [2.75, 3.05) is 13.7 Å². The summed E-state index contributed by atoms with van der Waals surface area (Å²) >= 11 is 0. The lowest BCUT2D eigenvalue weighted by atomic mass is 9.97. The predicted molar refractivity (Wildman–Crippen MR) is 55.1 cm³/mol. The largest absolute Gasteiger partial charge is 0.497 e. The zero-order valence-electron chi connectivity index (χ0n) is 8.29. The van der Waals surface area contributed by atoms with Gasteiger partial charge in [0, 0.05) is 0 Å². The van der Waals surface area contributed by atoms with Crippen LogP contribution in [0.1, 0.15) is 24.8 Å². The van der Waals surface area contributed by atoms with Crippen LogP contribution in [-0.2, 0) is 0 Å². The average Bonchev–Trinajstić information content (AvgIpc) is 2.21. The Balaban J connectivity index is 2.78. The van der Waals surface area contributed by atoms with Crippen LogP contribution < -0.4 is 10.5 Å². The number of methoxy groups -OCH3 is 1. The minimum atomic E-state index is 0.478. The van der Waals surface area contributed by atoms with E-state index in [1.165, 1.54) is 5.56 Å². The third kappa shape index (κ3) is 2.46. The van der Waals surface area contributed by atoms with Crippen LogP contribution in [0.3, 0.4) is 0 Å². The summed E-state index contributed by atoms with van der Waals surface area (Å²) in [5, 5.41) is 0. The molecule has 0 spiro atoms. The first kappa shape index (κ1) is 10.1. The van der Waals surface area contributed by atoms with E-state index in [4.69, 9.17) is 10.5 Å². The van der Waals surface area contributed by atoms with Gasteiger partial charge in [0.1, 0.15) is 5.75 Å². The van der Waals surface area contributed by atoms with Crippen molar-refractivity contribution in [1.29, 1.82) is 0 Å². The van der Waals surface area contributed by atoms with Gasteiger partial charge in [-0.25, -0.2) is 0 Å². The highest BCUT2D eigenvalue weighted by Crippen LogP contribution is 2.20. The van der Waals surface area contributed by atoms with Crippen molar-refractivity contribution in [3.05, 3.63) is 29.8 Å². The van der Waals surface area contributed by atoms with E-state index in [0.29, 0.717) is 12.5 Å². The molecule has 1 aromatic carbocycles. The minimum absolute atomic E-state index is 0.478. The van der Waals surface area contributed by atoms with Gasteiger partial charge < -0.3 is 10.5 Å². The molecule has 2 N–H and O–H groups in total. The van der Waals surface area contributed by atoms with E-state index >= 15 is 0 Å². The molecule has 0 bridgehead atoms. The lowest BCUT2D eigenvalue weighted by molar-refractivity contribution is 0.414. The van der Waals surface area contributed by atoms with Gasteiger partial charge in [-0.2, -0.15) is 0 Å². The van der Waals surface area contributed by atoms with Crippen LogP contribution >= 0.6 is 0 Å². The Morgan fingerprint density at radius 2 is 1.92 bits per heavy atom. The van der Waals surface area contributed by atoms with Crippen LogP contribution in [0.25, 0.3) is 0 Å². The monoisotopic (exact) mass is 179 g/mol. The molecule has 0 aliphatic heterocycles. The third-order valence-electron chi connectivity index (χ3n) is 2.36. The van der Waals surface area contributed by atoms with Gasteiger partial charge in [-0.1, -0.05) is 19.1 Å². The molecule has 0 saturated carbocycles. The molecular formula is C11H17NO. The molecule has 0 aromatic heterocycles. The normalized spacial score (nSPS) is 12.5. The minimum Gasteiger partial charge on any atom is -0.497 e. The molecule has 0 radical (unpaired) electrons. The zero-order valence-corrected chi connectivity index (χ0v) is 8.29. The number of ether oxygens (including phenoxy) is 1. The lowest BCUT2D eigenvalue weighted by Crippen LogP contribution is -2.11. The Bertz CT molecular complexity index is 239. The Morgan fingerprint density at radius 3 is 2.31 bits per heavy atom. The number of hydrogen-bond donors (Lipinski definition) is 1. The highest BCUT2D eigenvalue weighted by atomic mass is 16.5. The second-order valence-electron chi connectivity index (χ2n) is 3.11. The predicted octanol–water partition coefficient (Wildman–Crippen LogP) is 2.15. The van der Waals surface area contributed by atoms with Crippen molar-refractivity contribution >= 4 is 0 Å². The summed E-state index contributed by atoms with van der Waals surface area (Å²) < 4.78 is 5.08. The Labute approximate surface area is 79.7 Å². The second-order valence-corrected chi connectivity index (χ2v) is 3.11. The fourth-order valence-corrected chi connectivity index (χ4v) is 1.41. The first-order valence-corrected chi connectivity index (χ1v) is 4.65. The molecule has 0 fully saturated rings. The van der Waals surface area contributed by atoms with Gasteiger partial charge in [0.2, 0.25) is 0 Å². The fraction of sp³-hybridized carbons (Fsp3) is 0.455. The highest BCUT2D eigenvalue weighted by Gasteiger charge is 2.06. The fourth-order valence-electron chi connectivity index (χ4n) is 1.41. The molecule has 1 aromatic rings. The van der Waals surface area contributed by atoms with Gasteiger partial charge >= 0.3 is 0 Å². The summed E-state index contributed by atoms with van der Waals surface area (Å²) in [4.78, 5) is 0. The smallest absolute Gasteiger partial charge is 0.118 e. The van der Waals surface area contributed by atoms with E-state index in [1.807, 2.05) is 12.1 Å². The molecule has 0 heterocycles. The highest BCUT2D eigenvalue weighted by molar-refractivity contribution is 5.29. The van der Waals surface area contributed by atoms with Gasteiger partial charge in [-0.05, 0) is 36.6 Å². The van der Waals surface area contributed by atoms with Gasteiger partial charge in [0.05, 0.1) is 7.11 Å². The maximum Gasteiger partial charge on any atom is 0.118 e. The summed E-state index contributed by atoms with van der Waals surface area (Å²) in [6.45, 7) is 2.87. The molecule has 72 valence electrons. The van der Waals surface area contributed by atoms with Crippen LogP contribution in [0, 0.1) is 0 Å². The molecule has 0 aliphatic rings. The number of rotatable bonds is 4. The number of nitrogens with two attached hydrogens (primary N) is 1. The van der Waals surface area contributed by atoms with Crippen LogP contribution in [0.4, 0.5) is 0 Å². The average molecular weight is 179 g/mol. The van der Waals surface area contributed by atoms with Crippen LogP contribution in [0.5, 0.6) is 5.75 Å². The second kappa shape index (κ2) is 4.87. The molecule has 13 heavy (non-hydrogen) atoms. The van der Waals surface area contributed by atoms with Crippen LogP contribution in [-0.4, -0.2) is 13.7 Å². The summed E-state index contributed by atoms with van der Waals surface area (Å²) in [5.74, 6) is 1.38. The maximum absolute atomic E-state index is 5.65. The Morgan fingerprint density at radius 1 is 1.31 bits per heavy atom.